The van der Waals surface area contributed by atoms with E-state index < -0.39 is 11.4 Å². The molecular weight excluding hydrogens is 166 g/mol. The van der Waals surface area contributed by atoms with Crippen LogP contribution < -0.4 is 28.7 Å². The van der Waals surface area contributed by atoms with E-state index in [1.807, 2.05) is 6.07 Å². The summed E-state index contributed by atoms with van der Waals surface area (Å²) in [6.45, 7) is 0. The summed E-state index contributed by atoms with van der Waals surface area (Å²) in [7, 11) is 0. The summed E-state index contributed by atoms with van der Waals surface area (Å²) in [6, 6.07) is 8.86. The first-order valence-corrected chi connectivity index (χ1v) is 3.85. The molecule has 0 radical (unpaired) electrons. The first kappa shape index (κ1) is 10.1. The van der Waals surface area contributed by atoms with Crippen molar-refractivity contribution in [3.05, 3.63) is 35.9 Å². The van der Waals surface area contributed by atoms with E-state index >= 15 is 0 Å². The zero-order chi connectivity index (χ0) is 10.1. The van der Waals surface area contributed by atoms with Crippen molar-refractivity contribution in [3.8, 4) is 0 Å². The molecule has 0 aliphatic carbocycles. The monoisotopic (exact) mass is 181 g/mol. The van der Waals surface area contributed by atoms with Crippen LogP contribution in [0.4, 0.5) is 0 Å². The molecule has 1 aromatic carbocycles. The molecule has 0 aliphatic heterocycles. The van der Waals surface area contributed by atoms with Crippen molar-refractivity contribution < 1.29 is 0 Å². The molecule has 0 heterocycles. The maximum atomic E-state index is 5.72. The summed E-state index contributed by atoms with van der Waals surface area (Å²) in [5, 5.41) is 0. The van der Waals surface area contributed by atoms with Crippen molar-refractivity contribution in [2.75, 3.05) is 0 Å². The second-order valence-electron chi connectivity index (χ2n) is 3.17. The predicted octanol–water partition coefficient (Wildman–Crippen LogP) is -1.71. The lowest BCUT2D eigenvalue weighted by Gasteiger charge is -2.37. The highest BCUT2D eigenvalue weighted by Crippen LogP contribution is 2.15. The Labute approximate surface area is 76.9 Å². The van der Waals surface area contributed by atoms with Crippen LogP contribution in [0, 0.1) is 0 Å². The largest absolute Gasteiger partial charge is 0.306 e. The fourth-order valence-electron chi connectivity index (χ4n) is 0.964. The number of rotatable bonds is 2. The summed E-state index contributed by atoms with van der Waals surface area (Å²) in [4.78, 5) is 0. The Balaban J connectivity index is 3.08. The van der Waals surface area contributed by atoms with E-state index in [1.54, 1.807) is 24.3 Å². The molecule has 0 bridgehead atoms. The maximum absolute atomic E-state index is 5.72. The minimum Gasteiger partial charge on any atom is -0.306 e. The van der Waals surface area contributed by atoms with E-state index in [2.05, 4.69) is 0 Å². The number of nitrogens with two attached hydrogens (primary N) is 5. The van der Waals surface area contributed by atoms with Crippen LogP contribution >= 0.6 is 0 Å². The van der Waals surface area contributed by atoms with Crippen molar-refractivity contribution >= 4 is 0 Å². The van der Waals surface area contributed by atoms with Crippen LogP contribution in [0.1, 0.15) is 5.56 Å². The Kier molecular flexibility index (Phi) is 2.38. The molecule has 0 saturated heterocycles. The standard InChI is InChI=1S/C8H15N5/c9-7(10,8(11,12)13)6-4-2-1-3-5-6/h1-5H,9-13H2. The third kappa shape index (κ3) is 1.85. The van der Waals surface area contributed by atoms with Crippen molar-refractivity contribution in [1.82, 2.24) is 0 Å². The average Bonchev–Trinajstić information content (AvgIpc) is 2.04. The van der Waals surface area contributed by atoms with Gasteiger partial charge in [-0.25, -0.2) is 0 Å². The van der Waals surface area contributed by atoms with Gasteiger partial charge in [0.25, 0.3) is 0 Å². The van der Waals surface area contributed by atoms with Gasteiger partial charge in [-0.1, -0.05) is 30.3 Å². The molecule has 5 heteroatoms. The molecule has 0 fully saturated rings. The van der Waals surface area contributed by atoms with Crippen molar-refractivity contribution in [2.45, 2.75) is 11.4 Å². The molecule has 0 unspecified atom stereocenters. The normalized spacial score (nSPS) is 13.0. The van der Waals surface area contributed by atoms with E-state index in [0.717, 1.165) is 0 Å². The lowest BCUT2D eigenvalue weighted by molar-refractivity contribution is 0.241. The molecule has 72 valence electrons. The lowest BCUT2D eigenvalue weighted by atomic mass is 9.95. The third-order valence-electron chi connectivity index (χ3n) is 1.97. The van der Waals surface area contributed by atoms with Gasteiger partial charge in [-0.2, -0.15) is 0 Å². The van der Waals surface area contributed by atoms with Crippen LogP contribution in [0.2, 0.25) is 0 Å². The number of hydrogen-bond acceptors (Lipinski definition) is 5. The Morgan fingerprint density at radius 3 is 1.62 bits per heavy atom. The van der Waals surface area contributed by atoms with Crippen LogP contribution in [0.5, 0.6) is 0 Å². The van der Waals surface area contributed by atoms with Crippen LogP contribution in [0.15, 0.2) is 30.3 Å². The first-order chi connectivity index (χ1) is 5.86. The zero-order valence-corrected chi connectivity index (χ0v) is 7.27. The van der Waals surface area contributed by atoms with Gasteiger partial charge in [-0.3, -0.25) is 17.2 Å². The molecule has 13 heavy (non-hydrogen) atoms. The van der Waals surface area contributed by atoms with Crippen LogP contribution in [0.3, 0.4) is 0 Å². The third-order valence-corrected chi connectivity index (χ3v) is 1.97. The van der Waals surface area contributed by atoms with Gasteiger partial charge in [-0.05, 0) is 5.56 Å². The fraction of sp³-hybridized carbons (Fsp3) is 0.250. The molecular formula is C8H15N5. The van der Waals surface area contributed by atoms with Crippen molar-refractivity contribution in [3.63, 3.8) is 0 Å². The second kappa shape index (κ2) is 3.06. The van der Waals surface area contributed by atoms with Crippen molar-refractivity contribution in [2.24, 2.45) is 28.7 Å². The SMILES string of the molecule is NC(N)(N)C(N)(N)c1ccccc1. The molecule has 5 nitrogen and oxygen atoms in total. The van der Waals surface area contributed by atoms with Crippen molar-refractivity contribution in [1.29, 1.82) is 0 Å². The molecule has 1 rings (SSSR count). The molecule has 0 spiro atoms. The molecule has 0 amide bonds. The Bertz CT molecular complexity index is 274. The van der Waals surface area contributed by atoms with E-state index in [4.69, 9.17) is 28.7 Å². The first-order valence-electron chi connectivity index (χ1n) is 3.85. The van der Waals surface area contributed by atoms with E-state index in [-0.39, 0.29) is 0 Å². The van der Waals surface area contributed by atoms with E-state index in [1.165, 1.54) is 0 Å². The molecule has 0 aromatic heterocycles. The fourth-order valence-corrected chi connectivity index (χ4v) is 0.964. The van der Waals surface area contributed by atoms with Gasteiger partial charge in [0, 0.05) is 0 Å². The summed E-state index contributed by atoms with van der Waals surface area (Å²) in [5.74, 6) is -1.64. The minimum absolute atomic E-state index is 0.600. The zero-order valence-electron chi connectivity index (χ0n) is 7.27. The van der Waals surface area contributed by atoms with Gasteiger partial charge in [-0.15, -0.1) is 0 Å². The van der Waals surface area contributed by atoms with Gasteiger partial charge in [0.05, 0.1) is 0 Å². The topological polar surface area (TPSA) is 130 Å². The smallest absolute Gasteiger partial charge is 0.152 e. The second-order valence-corrected chi connectivity index (χ2v) is 3.17. The minimum atomic E-state index is -1.64. The molecule has 0 atom stereocenters. The molecule has 1 aromatic rings. The predicted molar refractivity (Wildman–Crippen MR) is 51.8 cm³/mol. The highest BCUT2D eigenvalue weighted by Gasteiger charge is 2.38. The van der Waals surface area contributed by atoms with E-state index in [9.17, 15) is 0 Å². The molecule has 0 aliphatic rings. The Hall–Kier alpha value is -0.980. The maximum Gasteiger partial charge on any atom is 0.152 e. The Morgan fingerprint density at radius 2 is 1.23 bits per heavy atom. The average molecular weight is 181 g/mol. The number of hydrogen-bond donors (Lipinski definition) is 5. The summed E-state index contributed by atoms with van der Waals surface area (Å²) >= 11 is 0. The van der Waals surface area contributed by atoms with Gasteiger partial charge >= 0.3 is 0 Å². The van der Waals surface area contributed by atoms with Gasteiger partial charge < -0.3 is 11.5 Å². The van der Waals surface area contributed by atoms with E-state index in [0.29, 0.717) is 5.56 Å². The summed E-state index contributed by atoms with van der Waals surface area (Å²) < 4.78 is 0. The quantitative estimate of drug-likeness (QED) is 0.347. The molecule has 10 N–H and O–H groups in total. The van der Waals surface area contributed by atoms with Crippen LogP contribution in [-0.2, 0) is 5.66 Å². The van der Waals surface area contributed by atoms with Crippen LogP contribution in [-0.4, -0.2) is 5.79 Å². The highest BCUT2D eigenvalue weighted by molar-refractivity contribution is 5.26. The Morgan fingerprint density at radius 1 is 0.769 bits per heavy atom. The van der Waals surface area contributed by atoms with Gasteiger partial charge in [0.15, 0.2) is 5.79 Å². The van der Waals surface area contributed by atoms with Crippen LogP contribution in [0.25, 0.3) is 0 Å². The summed E-state index contributed by atoms with van der Waals surface area (Å²) in [6.07, 6.45) is 0. The van der Waals surface area contributed by atoms with Gasteiger partial charge in [0.1, 0.15) is 5.66 Å². The van der Waals surface area contributed by atoms with Gasteiger partial charge in [0.2, 0.25) is 0 Å². The summed E-state index contributed by atoms with van der Waals surface area (Å²) in [5.41, 5.74) is 27.0. The highest BCUT2D eigenvalue weighted by atomic mass is 15.2. The molecule has 0 saturated carbocycles. The number of benzene rings is 1. The lowest BCUT2D eigenvalue weighted by Crippen LogP contribution is -2.78.